The van der Waals surface area contributed by atoms with E-state index in [0.717, 1.165) is 0 Å². The molecule has 0 bridgehead atoms. The normalized spacial score (nSPS) is 12.2. The first-order chi connectivity index (χ1) is 25.3. The summed E-state index contributed by atoms with van der Waals surface area (Å²) in [4.78, 5) is 5.03. The molecule has 1 aromatic heterocycles. The number of fused-ring (bicyclic) bond motifs is 9. The van der Waals surface area contributed by atoms with Gasteiger partial charge < -0.3 is 4.57 Å². The standard InChI is InChI=1S/C48H31NS2/c1-3-15-32(16-4-1)36-23-13-24-40-47-35(33-29-30-43-41(31-33)37-19-7-10-25-42(37)49(43)34-17-5-2-6-18-34)22-14-28-46(47)50-44-26-11-8-20-38(44)39-21-9-12-27-45(39)51-48(36)40/h1-31H. The maximum atomic E-state index is 2.41. The van der Waals surface area contributed by atoms with E-state index in [1.165, 1.54) is 91.6 Å². The number of para-hydroxylation sites is 2. The molecular weight excluding hydrogens is 655 g/mol. The van der Waals surface area contributed by atoms with Gasteiger partial charge in [-0.25, -0.2) is 0 Å². The van der Waals surface area contributed by atoms with Crippen LogP contribution in [0, 0.1) is 0 Å². The van der Waals surface area contributed by atoms with Crippen LogP contribution in [0.3, 0.4) is 0 Å². The van der Waals surface area contributed by atoms with Crippen molar-refractivity contribution in [1.82, 2.24) is 4.57 Å². The van der Waals surface area contributed by atoms with Crippen LogP contribution in [-0.2, 0) is 0 Å². The Morgan fingerprint density at radius 3 is 1.71 bits per heavy atom. The van der Waals surface area contributed by atoms with Crippen molar-refractivity contribution in [3.63, 3.8) is 0 Å². The molecule has 0 unspecified atom stereocenters. The molecule has 0 N–H and O–H groups in total. The Morgan fingerprint density at radius 1 is 0.333 bits per heavy atom. The van der Waals surface area contributed by atoms with Gasteiger partial charge in [-0.15, -0.1) is 0 Å². The number of aromatic nitrogens is 1. The first-order valence-electron chi connectivity index (χ1n) is 17.3. The lowest BCUT2D eigenvalue weighted by Gasteiger charge is -2.23. The zero-order valence-electron chi connectivity index (χ0n) is 27.7. The molecule has 1 aliphatic rings. The van der Waals surface area contributed by atoms with E-state index >= 15 is 0 Å². The summed E-state index contributed by atoms with van der Waals surface area (Å²) in [5, 5.41) is 2.51. The van der Waals surface area contributed by atoms with Crippen LogP contribution in [0.2, 0.25) is 0 Å². The van der Waals surface area contributed by atoms with Crippen molar-refractivity contribution >= 4 is 45.3 Å². The number of hydrogen-bond donors (Lipinski definition) is 0. The van der Waals surface area contributed by atoms with Gasteiger partial charge in [-0.3, -0.25) is 0 Å². The molecule has 0 saturated carbocycles. The molecule has 0 aliphatic carbocycles. The fourth-order valence-electron chi connectivity index (χ4n) is 7.60. The molecule has 0 atom stereocenters. The fourth-order valence-corrected chi connectivity index (χ4v) is 9.97. The van der Waals surface area contributed by atoms with Crippen LogP contribution in [0.5, 0.6) is 0 Å². The third-order valence-electron chi connectivity index (χ3n) is 9.89. The molecule has 10 rings (SSSR count). The average molecular weight is 686 g/mol. The van der Waals surface area contributed by atoms with Gasteiger partial charge in [0.2, 0.25) is 0 Å². The molecule has 9 aromatic rings. The van der Waals surface area contributed by atoms with Crippen LogP contribution in [0.15, 0.2) is 208 Å². The van der Waals surface area contributed by atoms with Gasteiger partial charge in [0.25, 0.3) is 0 Å². The van der Waals surface area contributed by atoms with Gasteiger partial charge in [-0.1, -0.05) is 163 Å². The summed E-state index contributed by atoms with van der Waals surface area (Å²) >= 11 is 3.76. The number of nitrogens with zero attached hydrogens (tertiary/aromatic N) is 1. The highest BCUT2D eigenvalue weighted by Crippen LogP contribution is 2.53. The first kappa shape index (κ1) is 30.1. The van der Waals surface area contributed by atoms with Crippen LogP contribution in [0.1, 0.15) is 0 Å². The predicted molar refractivity (Wildman–Crippen MR) is 217 cm³/mol. The highest BCUT2D eigenvalue weighted by atomic mass is 32.2. The van der Waals surface area contributed by atoms with Crippen molar-refractivity contribution in [2.75, 3.05) is 0 Å². The van der Waals surface area contributed by atoms with Crippen molar-refractivity contribution in [1.29, 1.82) is 0 Å². The minimum absolute atomic E-state index is 1.17. The molecule has 0 saturated heterocycles. The van der Waals surface area contributed by atoms with E-state index < -0.39 is 0 Å². The van der Waals surface area contributed by atoms with Crippen molar-refractivity contribution in [2.45, 2.75) is 19.6 Å². The second-order valence-electron chi connectivity index (χ2n) is 12.8. The van der Waals surface area contributed by atoms with Gasteiger partial charge in [-0.2, -0.15) is 0 Å². The van der Waals surface area contributed by atoms with Crippen LogP contribution in [0.4, 0.5) is 0 Å². The Balaban J connectivity index is 1.27. The molecule has 0 fully saturated rings. The van der Waals surface area contributed by atoms with Crippen molar-refractivity contribution in [2.24, 2.45) is 0 Å². The molecule has 240 valence electrons. The molecular formula is C48H31NS2. The van der Waals surface area contributed by atoms with E-state index in [9.17, 15) is 0 Å². The zero-order chi connectivity index (χ0) is 33.7. The number of rotatable bonds is 3. The highest BCUT2D eigenvalue weighted by molar-refractivity contribution is 8.00. The Bertz CT molecular complexity index is 2740. The molecule has 3 heteroatoms. The lowest BCUT2D eigenvalue weighted by atomic mass is 9.91. The average Bonchev–Trinajstić information content (AvgIpc) is 3.53. The second kappa shape index (κ2) is 12.5. The molecule has 0 spiro atoms. The van der Waals surface area contributed by atoms with Gasteiger partial charge in [-0.05, 0) is 87.5 Å². The first-order valence-corrected chi connectivity index (χ1v) is 18.9. The molecule has 0 amide bonds. The maximum absolute atomic E-state index is 2.41. The third kappa shape index (κ3) is 5.12. The van der Waals surface area contributed by atoms with E-state index in [1.807, 2.05) is 23.5 Å². The lowest BCUT2D eigenvalue weighted by Crippen LogP contribution is -1.96. The monoisotopic (exact) mass is 685 g/mol. The minimum atomic E-state index is 1.17. The van der Waals surface area contributed by atoms with Crippen molar-refractivity contribution in [3.05, 3.63) is 188 Å². The van der Waals surface area contributed by atoms with E-state index in [4.69, 9.17) is 0 Å². The SMILES string of the molecule is c1ccc(-c2cccc3c2Sc2ccccc2-c2ccccc2Sc2cccc(-c4ccc5c(c4)c4ccccc4n5-c4ccccc4)c2-3)cc1. The summed E-state index contributed by atoms with van der Waals surface area (Å²) in [6, 6.07) is 68.8. The van der Waals surface area contributed by atoms with Gasteiger partial charge in [0, 0.05) is 41.6 Å². The smallest absolute Gasteiger partial charge is 0.0541 e. The van der Waals surface area contributed by atoms with E-state index in [2.05, 4.69) is 193 Å². The van der Waals surface area contributed by atoms with Crippen molar-refractivity contribution < 1.29 is 0 Å². The topological polar surface area (TPSA) is 4.93 Å². The summed E-state index contributed by atoms with van der Waals surface area (Å²) in [5.74, 6) is 0. The largest absolute Gasteiger partial charge is 0.309 e. The Labute approximate surface area is 306 Å². The summed E-state index contributed by atoms with van der Waals surface area (Å²) < 4.78 is 2.39. The second-order valence-corrected chi connectivity index (χ2v) is 15.0. The molecule has 2 heterocycles. The number of benzene rings is 8. The lowest BCUT2D eigenvalue weighted by molar-refractivity contribution is 1.18. The maximum Gasteiger partial charge on any atom is 0.0541 e. The van der Waals surface area contributed by atoms with Gasteiger partial charge in [0.1, 0.15) is 0 Å². The fraction of sp³-hybridized carbons (Fsp3) is 0. The summed E-state index contributed by atoms with van der Waals surface area (Å²) in [7, 11) is 0. The van der Waals surface area contributed by atoms with Gasteiger partial charge in [0.15, 0.2) is 0 Å². The molecule has 1 nitrogen and oxygen atoms in total. The van der Waals surface area contributed by atoms with Gasteiger partial charge >= 0.3 is 0 Å². The molecule has 8 aromatic carbocycles. The van der Waals surface area contributed by atoms with Crippen LogP contribution >= 0.6 is 23.5 Å². The molecule has 1 aliphatic heterocycles. The molecule has 0 radical (unpaired) electrons. The van der Waals surface area contributed by atoms with Crippen molar-refractivity contribution in [3.8, 4) is 50.2 Å². The Kier molecular flexibility index (Phi) is 7.41. The quantitative estimate of drug-likeness (QED) is 0.182. The predicted octanol–water partition coefficient (Wildman–Crippen LogP) is 14.1. The Hall–Kier alpha value is -5.74. The van der Waals surface area contributed by atoms with E-state index in [-0.39, 0.29) is 0 Å². The molecule has 51 heavy (non-hydrogen) atoms. The number of hydrogen-bond acceptors (Lipinski definition) is 2. The summed E-state index contributed by atoms with van der Waals surface area (Å²) in [6.07, 6.45) is 0. The Morgan fingerprint density at radius 2 is 0.902 bits per heavy atom. The van der Waals surface area contributed by atoms with Crippen LogP contribution in [-0.4, -0.2) is 4.57 Å². The van der Waals surface area contributed by atoms with Crippen LogP contribution in [0.25, 0.3) is 72.0 Å². The summed E-state index contributed by atoms with van der Waals surface area (Å²) in [6.45, 7) is 0. The highest BCUT2D eigenvalue weighted by Gasteiger charge is 2.24. The van der Waals surface area contributed by atoms with E-state index in [1.54, 1.807) is 0 Å². The van der Waals surface area contributed by atoms with E-state index in [0.29, 0.717) is 0 Å². The van der Waals surface area contributed by atoms with Gasteiger partial charge in [0.05, 0.1) is 11.0 Å². The summed E-state index contributed by atoms with van der Waals surface area (Å²) in [5.41, 5.74) is 13.5. The van der Waals surface area contributed by atoms with Crippen LogP contribution < -0.4 is 0 Å². The third-order valence-corrected chi connectivity index (χ3v) is 12.2. The minimum Gasteiger partial charge on any atom is -0.309 e. The zero-order valence-corrected chi connectivity index (χ0v) is 29.3.